The first-order chi connectivity index (χ1) is 7.43. The van der Waals surface area contributed by atoms with Crippen LogP contribution in [0, 0.1) is 0 Å². The molecule has 0 saturated carbocycles. The van der Waals surface area contributed by atoms with E-state index >= 15 is 0 Å². The van der Waals surface area contributed by atoms with Crippen LogP contribution in [0.25, 0.3) is 0 Å². The summed E-state index contributed by atoms with van der Waals surface area (Å²) >= 11 is 0.703. The largest absolute Gasteiger partial charge is 0.452 e. The molecule has 8 heteroatoms. The van der Waals surface area contributed by atoms with Crippen LogP contribution in [-0.4, -0.2) is 21.9 Å². The molecule has 0 fully saturated rings. The van der Waals surface area contributed by atoms with Gasteiger partial charge in [-0.2, -0.15) is 22.5 Å². The van der Waals surface area contributed by atoms with Crippen molar-refractivity contribution >= 4 is 16.7 Å². The van der Waals surface area contributed by atoms with Crippen LogP contribution in [0.5, 0.6) is 0 Å². The summed E-state index contributed by atoms with van der Waals surface area (Å²) in [6.07, 6.45) is -2.95. The molecule has 16 heavy (non-hydrogen) atoms. The Morgan fingerprint density at radius 2 is 2.19 bits per heavy atom. The average molecular weight is 254 g/mol. The minimum Gasteiger partial charge on any atom is -0.360 e. The zero-order valence-corrected chi connectivity index (χ0v) is 9.53. The van der Waals surface area contributed by atoms with Crippen LogP contribution >= 0.6 is 11.5 Å². The van der Waals surface area contributed by atoms with E-state index in [9.17, 15) is 13.2 Å². The maximum Gasteiger partial charge on any atom is 0.452 e. The van der Waals surface area contributed by atoms with Crippen molar-refractivity contribution in [3.05, 3.63) is 5.82 Å². The van der Waals surface area contributed by atoms with E-state index in [2.05, 4.69) is 14.7 Å². The number of nitrogens with one attached hydrogen (secondary N) is 1. The molecule has 1 rings (SSSR count). The van der Waals surface area contributed by atoms with Crippen LogP contribution in [0.1, 0.15) is 25.6 Å². The second-order valence-corrected chi connectivity index (χ2v) is 4.06. The highest BCUT2D eigenvalue weighted by atomic mass is 32.1. The van der Waals surface area contributed by atoms with E-state index in [0.717, 1.165) is 6.42 Å². The summed E-state index contributed by atoms with van der Waals surface area (Å²) in [6, 6.07) is 0.0579. The second kappa shape index (κ2) is 5.44. The highest BCUT2D eigenvalue weighted by molar-refractivity contribution is 7.09. The van der Waals surface area contributed by atoms with E-state index in [1.165, 1.54) is 0 Å². The number of aromatic nitrogens is 2. The Bertz CT molecular complexity index is 325. The molecule has 0 spiro atoms. The molecule has 0 saturated heterocycles. The van der Waals surface area contributed by atoms with Crippen molar-refractivity contribution in [1.29, 1.82) is 0 Å². The fourth-order valence-corrected chi connectivity index (χ4v) is 1.59. The summed E-state index contributed by atoms with van der Waals surface area (Å²) < 4.78 is 39.6. The highest BCUT2D eigenvalue weighted by Crippen LogP contribution is 2.28. The first-order valence-corrected chi connectivity index (χ1v) is 5.61. The molecule has 3 N–H and O–H groups in total. The Morgan fingerprint density at radius 1 is 1.50 bits per heavy atom. The Kier molecular flexibility index (Phi) is 4.48. The zero-order valence-electron chi connectivity index (χ0n) is 8.71. The maximum absolute atomic E-state index is 12.1. The fraction of sp³-hybridized carbons (Fsp3) is 0.750. The molecule has 1 heterocycles. The van der Waals surface area contributed by atoms with Gasteiger partial charge in [0.2, 0.25) is 11.0 Å². The van der Waals surface area contributed by atoms with E-state index in [1.54, 1.807) is 0 Å². The lowest BCUT2D eigenvalue weighted by molar-refractivity contribution is -0.144. The van der Waals surface area contributed by atoms with E-state index in [0.29, 0.717) is 24.5 Å². The van der Waals surface area contributed by atoms with Crippen molar-refractivity contribution in [3.8, 4) is 0 Å². The van der Waals surface area contributed by atoms with Crippen LogP contribution in [0.15, 0.2) is 0 Å². The molecule has 1 aromatic rings. The minimum atomic E-state index is -4.48. The van der Waals surface area contributed by atoms with Crippen molar-refractivity contribution in [2.45, 2.75) is 32.0 Å². The molecule has 1 aromatic heterocycles. The van der Waals surface area contributed by atoms with E-state index in [4.69, 9.17) is 5.73 Å². The Morgan fingerprint density at radius 3 is 2.69 bits per heavy atom. The highest BCUT2D eigenvalue weighted by Gasteiger charge is 2.36. The SMILES string of the molecule is CCC(N)CCNc1nc(C(F)(F)F)ns1. The van der Waals surface area contributed by atoms with Gasteiger partial charge in [0, 0.05) is 24.1 Å². The van der Waals surface area contributed by atoms with Crippen LogP contribution < -0.4 is 11.1 Å². The normalized spacial score (nSPS) is 13.8. The minimum absolute atomic E-state index is 0.0579. The number of rotatable bonds is 5. The molecular formula is C8H13F3N4S. The van der Waals surface area contributed by atoms with Crippen LogP contribution in [0.2, 0.25) is 0 Å². The number of hydrogen-bond acceptors (Lipinski definition) is 5. The van der Waals surface area contributed by atoms with Gasteiger partial charge in [-0.1, -0.05) is 6.92 Å². The third kappa shape index (κ3) is 3.93. The van der Waals surface area contributed by atoms with Crippen molar-refractivity contribution in [3.63, 3.8) is 0 Å². The number of halogens is 3. The molecule has 0 aromatic carbocycles. The Labute approximate surface area is 95.2 Å². The molecule has 4 nitrogen and oxygen atoms in total. The van der Waals surface area contributed by atoms with Gasteiger partial charge in [0.05, 0.1) is 0 Å². The predicted molar refractivity (Wildman–Crippen MR) is 56.3 cm³/mol. The number of nitrogens with zero attached hydrogens (tertiary/aromatic N) is 2. The molecular weight excluding hydrogens is 241 g/mol. The molecule has 92 valence electrons. The topological polar surface area (TPSA) is 63.8 Å². The number of anilines is 1. The average Bonchev–Trinajstić information content (AvgIpc) is 2.65. The van der Waals surface area contributed by atoms with Gasteiger partial charge >= 0.3 is 6.18 Å². The van der Waals surface area contributed by atoms with Crippen molar-refractivity contribution in [1.82, 2.24) is 9.36 Å². The maximum atomic E-state index is 12.1. The van der Waals surface area contributed by atoms with Crippen molar-refractivity contribution in [2.75, 3.05) is 11.9 Å². The van der Waals surface area contributed by atoms with E-state index < -0.39 is 12.0 Å². The van der Waals surface area contributed by atoms with E-state index in [-0.39, 0.29) is 11.2 Å². The first-order valence-electron chi connectivity index (χ1n) is 4.83. The molecule has 0 aliphatic carbocycles. The van der Waals surface area contributed by atoms with Gasteiger partial charge < -0.3 is 11.1 Å². The van der Waals surface area contributed by atoms with Gasteiger partial charge in [-0.05, 0) is 12.8 Å². The third-order valence-electron chi connectivity index (χ3n) is 2.00. The third-order valence-corrected chi connectivity index (χ3v) is 2.67. The summed E-state index contributed by atoms with van der Waals surface area (Å²) in [5.74, 6) is -1.10. The standard InChI is InChI=1S/C8H13F3N4S/c1-2-5(12)3-4-13-7-14-6(15-16-7)8(9,10)11/h5H,2-4,12H2,1H3,(H,13,14,15). The lowest BCUT2D eigenvalue weighted by Crippen LogP contribution is -2.22. The quantitative estimate of drug-likeness (QED) is 0.844. The molecule has 0 bridgehead atoms. The summed E-state index contributed by atoms with van der Waals surface area (Å²) in [5.41, 5.74) is 5.66. The monoisotopic (exact) mass is 254 g/mol. The van der Waals surface area contributed by atoms with Gasteiger partial charge in [-0.15, -0.1) is 0 Å². The van der Waals surface area contributed by atoms with E-state index in [1.807, 2.05) is 6.92 Å². The fourth-order valence-electron chi connectivity index (χ4n) is 0.979. The van der Waals surface area contributed by atoms with Crippen LogP contribution in [0.4, 0.5) is 18.3 Å². The van der Waals surface area contributed by atoms with Crippen LogP contribution in [-0.2, 0) is 6.18 Å². The van der Waals surface area contributed by atoms with Gasteiger partial charge in [-0.3, -0.25) is 0 Å². The van der Waals surface area contributed by atoms with Crippen molar-refractivity contribution in [2.24, 2.45) is 5.73 Å². The molecule has 1 atom stereocenters. The van der Waals surface area contributed by atoms with Gasteiger partial charge in [0.25, 0.3) is 0 Å². The number of nitrogens with two attached hydrogens (primary N) is 1. The summed E-state index contributed by atoms with van der Waals surface area (Å²) in [6.45, 7) is 2.46. The first kappa shape index (κ1) is 13.2. The molecule has 0 aliphatic rings. The molecule has 1 unspecified atom stereocenters. The lowest BCUT2D eigenvalue weighted by Gasteiger charge is -2.07. The van der Waals surface area contributed by atoms with Crippen LogP contribution in [0.3, 0.4) is 0 Å². The summed E-state index contributed by atoms with van der Waals surface area (Å²) in [4.78, 5) is 3.33. The zero-order chi connectivity index (χ0) is 12.2. The van der Waals surface area contributed by atoms with Gasteiger partial charge in [-0.25, -0.2) is 0 Å². The molecule has 0 radical (unpaired) electrons. The van der Waals surface area contributed by atoms with Gasteiger partial charge in [0.15, 0.2) is 0 Å². The Balaban J connectivity index is 2.41. The van der Waals surface area contributed by atoms with Crippen molar-refractivity contribution < 1.29 is 13.2 Å². The molecule has 0 aliphatic heterocycles. The summed E-state index contributed by atoms with van der Waals surface area (Å²) in [7, 11) is 0. The number of hydrogen-bond donors (Lipinski definition) is 2. The second-order valence-electron chi connectivity index (χ2n) is 3.30. The predicted octanol–water partition coefficient (Wildman–Crippen LogP) is 2.10. The smallest absolute Gasteiger partial charge is 0.360 e. The summed E-state index contributed by atoms with van der Waals surface area (Å²) in [5, 5.41) is 2.94. The Hall–Kier alpha value is -0.890. The number of alkyl halides is 3. The molecule has 0 amide bonds. The lowest BCUT2D eigenvalue weighted by atomic mass is 10.2. The van der Waals surface area contributed by atoms with Gasteiger partial charge in [0.1, 0.15) is 0 Å².